The number of hydrogen-bond acceptors (Lipinski definition) is 7. The zero-order chi connectivity index (χ0) is 29.1. The molecule has 0 bridgehead atoms. The normalized spacial score (nSPS) is 12.9. The molecule has 0 saturated carbocycles. The zero-order valence-corrected chi connectivity index (χ0v) is 23.3. The molecule has 0 fully saturated rings. The Balaban J connectivity index is 1.72. The summed E-state index contributed by atoms with van der Waals surface area (Å²) in [7, 11) is -3.97. The van der Waals surface area contributed by atoms with Crippen LogP contribution in [0, 0.1) is 5.21 Å². The fourth-order valence-electron chi connectivity index (χ4n) is 4.01. The van der Waals surface area contributed by atoms with Crippen molar-refractivity contribution < 1.29 is 22.7 Å². The third kappa shape index (κ3) is 9.28. The summed E-state index contributed by atoms with van der Waals surface area (Å²) in [6.07, 6.45) is 1.38. The lowest BCUT2D eigenvalue weighted by Crippen LogP contribution is -2.56. The highest BCUT2D eigenvalue weighted by atomic mass is 35.5. The molecule has 1 heterocycles. The zero-order valence-electron chi connectivity index (χ0n) is 21.8. The number of carbonyl (C=O) groups excluding carboxylic acids is 2. The first-order valence-corrected chi connectivity index (χ1v) is 14.6. The number of nitrogens with two attached hydrogens (primary N) is 2. The van der Waals surface area contributed by atoms with Crippen LogP contribution < -0.4 is 31.6 Å². The highest BCUT2D eigenvalue weighted by Gasteiger charge is 2.29. The number of halogens is 1. The molecule has 3 rings (SSSR count). The van der Waals surface area contributed by atoms with Crippen LogP contribution in [0.4, 0.5) is 0 Å². The summed E-state index contributed by atoms with van der Waals surface area (Å²) in [6.45, 7) is 0.109. The highest BCUT2D eigenvalue weighted by Crippen LogP contribution is 2.16. The summed E-state index contributed by atoms with van der Waals surface area (Å²) >= 11 is 6.06. The van der Waals surface area contributed by atoms with Crippen LogP contribution in [0.15, 0.2) is 72.9 Å². The third-order valence-electron chi connectivity index (χ3n) is 6.14. The SMILES string of the molecule is NCc1ccc(Cl)cc1CNC(=O)[C@H](CN)NC(=O)[C@@H](CCc1cccc[n+]1[O-])NS(=O)(=O)Cc1ccccc1. The number of pyridine rings is 1. The Bertz CT molecular complexity index is 1410. The van der Waals surface area contributed by atoms with E-state index in [4.69, 9.17) is 23.1 Å². The lowest BCUT2D eigenvalue weighted by Gasteiger charge is -2.22. The molecular formula is C27H33ClN6O5S. The number of benzene rings is 2. The van der Waals surface area contributed by atoms with Gasteiger partial charge in [0, 0.05) is 43.2 Å². The van der Waals surface area contributed by atoms with Gasteiger partial charge in [-0.05, 0) is 35.2 Å². The van der Waals surface area contributed by atoms with Crippen molar-refractivity contribution >= 4 is 33.4 Å². The molecule has 40 heavy (non-hydrogen) atoms. The minimum absolute atomic E-state index is 0.0343. The fourth-order valence-corrected chi connectivity index (χ4v) is 5.58. The first-order chi connectivity index (χ1) is 19.1. The van der Waals surface area contributed by atoms with Crippen molar-refractivity contribution in [2.75, 3.05) is 6.54 Å². The van der Waals surface area contributed by atoms with E-state index in [0.717, 1.165) is 5.56 Å². The molecule has 0 aliphatic rings. The maximum atomic E-state index is 13.3. The molecule has 13 heteroatoms. The van der Waals surface area contributed by atoms with Gasteiger partial charge >= 0.3 is 0 Å². The van der Waals surface area contributed by atoms with Crippen molar-refractivity contribution in [3.05, 3.63) is 106 Å². The van der Waals surface area contributed by atoms with Gasteiger partial charge in [0.05, 0.1) is 5.75 Å². The Kier molecular flexibility index (Phi) is 11.4. The van der Waals surface area contributed by atoms with E-state index in [1.165, 1.54) is 6.20 Å². The number of carbonyl (C=O) groups is 2. The van der Waals surface area contributed by atoms with Gasteiger partial charge in [-0.3, -0.25) is 9.59 Å². The van der Waals surface area contributed by atoms with Crippen molar-refractivity contribution in [1.29, 1.82) is 0 Å². The standard InChI is InChI=1S/C27H33ClN6O5S/c28-22-10-9-20(15-29)21(14-22)17-31-26(35)25(16-30)32-27(36)24(12-11-23-8-4-5-13-34(23)37)33-40(38,39)18-19-6-2-1-3-7-19/h1-10,13-14,24-25,33H,11-12,15-18,29-30H2,(H,31,35)(H,32,36)/t24-,25+/m1/s1. The van der Waals surface area contributed by atoms with Gasteiger partial charge in [-0.25, -0.2) is 13.1 Å². The number of aryl methyl sites for hydroxylation is 1. The largest absolute Gasteiger partial charge is 0.619 e. The summed E-state index contributed by atoms with van der Waals surface area (Å²) in [5.74, 6) is -1.67. The molecule has 2 atom stereocenters. The first-order valence-electron chi connectivity index (χ1n) is 12.6. The van der Waals surface area contributed by atoms with Crippen molar-refractivity contribution in [1.82, 2.24) is 15.4 Å². The highest BCUT2D eigenvalue weighted by molar-refractivity contribution is 7.88. The molecular weight excluding hydrogens is 556 g/mol. The third-order valence-corrected chi connectivity index (χ3v) is 7.73. The van der Waals surface area contributed by atoms with Crippen molar-refractivity contribution in [3.8, 4) is 0 Å². The fraction of sp³-hybridized carbons (Fsp3) is 0.296. The van der Waals surface area contributed by atoms with Gasteiger partial charge in [-0.15, -0.1) is 0 Å². The average molecular weight is 589 g/mol. The second kappa shape index (κ2) is 14.7. The molecule has 0 aliphatic heterocycles. The molecule has 0 unspecified atom stereocenters. The lowest BCUT2D eigenvalue weighted by atomic mass is 10.1. The van der Waals surface area contributed by atoms with E-state index in [9.17, 15) is 23.2 Å². The number of rotatable bonds is 14. The molecule has 1 aromatic heterocycles. The minimum Gasteiger partial charge on any atom is -0.619 e. The molecule has 214 valence electrons. The summed E-state index contributed by atoms with van der Waals surface area (Å²) in [5.41, 5.74) is 13.9. The van der Waals surface area contributed by atoms with Crippen LogP contribution in [-0.2, 0) is 44.9 Å². The summed E-state index contributed by atoms with van der Waals surface area (Å²) < 4.78 is 29.0. The monoisotopic (exact) mass is 588 g/mol. The minimum atomic E-state index is -3.97. The first kappa shape index (κ1) is 31.0. The Morgan fingerprint density at radius 2 is 1.68 bits per heavy atom. The molecule has 2 aromatic carbocycles. The molecule has 3 aromatic rings. The summed E-state index contributed by atoms with van der Waals surface area (Å²) in [5, 5.41) is 17.8. The topological polar surface area (TPSA) is 183 Å². The van der Waals surface area contributed by atoms with Gasteiger partial charge in [0.25, 0.3) is 0 Å². The predicted octanol–water partition coefficient (Wildman–Crippen LogP) is 0.613. The van der Waals surface area contributed by atoms with E-state index >= 15 is 0 Å². The molecule has 0 aliphatic carbocycles. The molecule has 0 saturated heterocycles. The van der Waals surface area contributed by atoms with E-state index < -0.39 is 33.9 Å². The number of nitrogens with one attached hydrogen (secondary N) is 3. The van der Waals surface area contributed by atoms with Crippen LogP contribution in [0.5, 0.6) is 0 Å². The number of hydrogen-bond donors (Lipinski definition) is 5. The van der Waals surface area contributed by atoms with Gasteiger partial charge in [-0.2, -0.15) is 4.73 Å². The van der Waals surface area contributed by atoms with E-state index in [1.807, 2.05) is 0 Å². The van der Waals surface area contributed by atoms with Gasteiger partial charge in [0.2, 0.25) is 21.8 Å². The Morgan fingerprint density at radius 3 is 2.35 bits per heavy atom. The quantitative estimate of drug-likeness (QED) is 0.135. The number of amides is 2. The maximum absolute atomic E-state index is 13.3. The van der Waals surface area contributed by atoms with Crippen LogP contribution in [0.1, 0.15) is 28.8 Å². The average Bonchev–Trinajstić information content (AvgIpc) is 2.93. The summed E-state index contributed by atoms with van der Waals surface area (Å²) in [6, 6.07) is 16.0. The van der Waals surface area contributed by atoms with Crippen molar-refractivity contribution in [3.63, 3.8) is 0 Å². The second-order valence-electron chi connectivity index (χ2n) is 9.10. The number of sulfonamides is 1. The molecule has 11 nitrogen and oxygen atoms in total. The molecule has 0 spiro atoms. The second-order valence-corrected chi connectivity index (χ2v) is 11.3. The van der Waals surface area contributed by atoms with E-state index in [1.54, 1.807) is 66.7 Å². The van der Waals surface area contributed by atoms with Gasteiger partial charge in [-0.1, -0.05) is 54.1 Å². The molecule has 7 N–H and O–H groups in total. The van der Waals surface area contributed by atoms with Gasteiger partial charge in [0.15, 0.2) is 11.9 Å². The Hall–Kier alpha value is -3.55. The van der Waals surface area contributed by atoms with E-state index in [-0.39, 0.29) is 38.2 Å². The smallest absolute Gasteiger partial charge is 0.244 e. The summed E-state index contributed by atoms with van der Waals surface area (Å²) in [4.78, 5) is 26.2. The van der Waals surface area contributed by atoms with Crippen LogP contribution in [0.2, 0.25) is 5.02 Å². The van der Waals surface area contributed by atoms with E-state index in [2.05, 4.69) is 15.4 Å². The van der Waals surface area contributed by atoms with Crippen LogP contribution in [-0.4, -0.2) is 38.9 Å². The van der Waals surface area contributed by atoms with Gasteiger partial charge < -0.3 is 27.3 Å². The van der Waals surface area contributed by atoms with Crippen LogP contribution in [0.25, 0.3) is 0 Å². The number of nitrogens with zero attached hydrogens (tertiary/aromatic N) is 1. The Morgan fingerprint density at radius 1 is 0.950 bits per heavy atom. The van der Waals surface area contributed by atoms with E-state index in [0.29, 0.717) is 26.6 Å². The molecule has 2 amide bonds. The van der Waals surface area contributed by atoms with Gasteiger partial charge in [0.1, 0.15) is 12.1 Å². The Labute approximate surface area is 238 Å². The predicted molar refractivity (Wildman–Crippen MR) is 152 cm³/mol. The van der Waals surface area contributed by atoms with Crippen LogP contribution in [0.3, 0.4) is 0 Å². The maximum Gasteiger partial charge on any atom is 0.244 e. The number of aromatic nitrogens is 1. The lowest BCUT2D eigenvalue weighted by molar-refractivity contribution is -0.614. The molecule has 0 radical (unpaired) electrons. The van der Waals surface area contributed by atoms with Crippen molar-refractivity contribution in [2.24, 2.45) is 11.5 Å². The van der Waals surface area contributed by atoms with Crippen molar-refractivity contribution in [2.45, 2.75) is 43.8 Å². The van der Waals surface area contributed by atoms with Crippen LogP contribution >= 0.6 is 11.6 Å².